The molecule has 122 valence electrons. The molecule has 0 aliphatic carbocycles. The molecule has 0 spiro atoms. The highest BCUT2D eigenvalue weighted by Gasteiger charge is 2.26. The minimum atomic E-state index is -0.130. The molecule has 2 aromatic heterocycles. The highest BCUT2D eigenvalue weighted by molar-refractivity contribution is 5.91. The molecule has 0 bridgehead atoms. The van der Waals surface area contributed by atoms with Gasteiger partial charge in [0.2, 0.25) is 0 Å². The molecule has 3 heterocycles. The lowest BCUT2D eigenvalue weighted by atomic mass is 10.1. The normalized spacial score (nSPS) is 14.8. The maximum absolute atomic E-state index is 12.4. The van der Waals surface area contributed by atoms with E-state index in [-0.39, 0.29) is 5.91 Å². The lowest BCUT2D eigenvalue weighted by Gasteiger charge is -2.29. The number of amides is 1. The Bertz CT molecular complexity index is 693. The summed E-state index contributed by atoms with van der Waals surface area (Å²) in [6, 6.07) is 4.28. The quantitative estimate of drug-likeness (QED) is 0.929. The number of imidazole rings is 1. The van der Waals surface area contributed by atoms with Crippen molar-refractivity contribution in [3.05, 3.63) is 47.3 Å². The van der Waals surface area contributed by atoms with Gasteiger partial charge >= 0.3 is 0 Å². The van der Waals surface area contributed by atoms with Crippen LogP contribution in [-0.4, -0.2) is 37.9 Å². The van der Waals surface area contributed by atoms with Gasteiger partial charge in [0.15, 0.2) is 5.82 Å². The van der Waals surface area contributed by atoms with Crippen molar-refractivity contribution in [1.29, 1.82) is 0 Å². The van der Waals surface area contributed by atoms with Gasteiger partial charge in [-0.05, 0) is 31.5 Å². The molecule has 0 atom stereocenters. The summed E-state index contributed by atoms with van der Waals surface area (Å²) in [5.41, 5.74) is 3.23. The van der Waals surface area contributed by atoms with E-state index >= 15 is 0 Å². The first-order valence-electron chi connectivity index (χ1n) is 8.02. The molecule has 1 N–H and O–H groups in total. The van der Waals surface area contributed by atoms with Gasteiger partial charge in [0.1, 0.15) is 0 Å². The maximum Gasteiger partial charge on any atom is 0.287 e. The van der Waals surface area contributed by atoms with Crippen molar-refractivity contribution >= 4 is 5.91 Å². The number of hydrogen-bond donors (Lipinski definition) is 1. The molecule has 6 heteroatoms. The molecule has 3 rings (SSSR count). The summed E-state index contributed by atoms with van der Waals surface area (Å²) in [6.07, 6.45) is 4.39. The monoisotopic (exact) mass is 313 g/mol. The van der Waals surface area contributed by atoms with E-state index in [1.165, 1.54) is 5.69 Å². The van der Waals surface area contributed by atoms with Gasteiger partial charge in [-0.3, -0.25) is 14.7 Å². The van der Waals surface area contributed by atoms with E-state index in [1.807, 2.05) is 23.7 Å². The second kappa shape index (κ2) is 6.50. The Kier molecular flexibility index (Phi) is 4.43. The largest absolute Gasteiger partial charge is 0.345 e. The van der Waals surface area contributed by atoms with E-state index < -0.39 is 0 Å². The minimum absolute atomic E-state index is 0.130. The van der Waals surface area contributed by atoms with E-state index in [9.17, 15) is 4.79 Å². The number of fused-ring (bicyclic) bond motifs is 1. The fourth-order valence-corrected chi connectivity index (χ4v) is 2.95. The first-order chi connectivity index (χ1) is 11.1. The predicted octanol–water partition coefficient (Wildman–Crippen LogP) is 1.51. The Balaban J connectivity index is 1.72. The van der Waals surface area contributed by atoms with E-state index in [2.05, 4.69) is 34.0 Å². The molecule has 0 aromatic carbocycles. The molecule has 1 aliphatic rings. The number of nitrogens with zero attached hydrogens (tertiary/aromatic N) is 4. The van der Waals surface area contributed by atoms with Gasteiger partial charge in [0, 0.05) is 57.2 Å². The lowest BCUT2D eigenvalue weighted by molar-refractivity contribution is 0.0937. The molecule has 1 amide bonds. The molecule has 23 heavy (non-hydrogen) atoms. The van der Waals surface area contributed by atoms with E-state index in [4.69, 9.17) is 0 Å². The molecule has 0 unspecified atom stereocenters. The van der Waals surface area contributed by atoms with Crippen LogP contribution in [0.3, 0.4) is 0 Å². The van der Waals surface area contributed by atoms with E-state index in [0.29, 0.717) is 18.4 Å². The number of aromatic nitrogens is 3. The number of pyridine rings is 1. The highest BCUT2D eigenvalue weighted by atomic mass is 16.2. The number of carbonyl (C=O) groups is 1. The summed E-state index contributed by atoms with van der Waals surface area (Å²) in [4.78, 5) is 23.4. The first-order valence-corrected chi connectivity index (χ1v) is 8.02. The van der Waals surface area contributed by atoms with Crippen LogP contribution in [0.1, 0.15) is 41.4 Å². The van der Waals surface area contributed by atoms with Gasteiger partial charge in [0.25, 0.3) is 5.91 Å². The zero-order valence-corrected chi connectivity index (χ0v) is 13.9. The summed E-state index contributed by atoms with van der Waals surface area (Å²) >= 11 is 0. The summed E-state index contributed by atoms with van der Waals surface area (Å²) in [5.74, 6) is 0.365. The van der Waals surface area contributed by atoms with Gasteiger partial charge in [-0.25, -0.2) is 4.98 Å². The maximum atomic E-state index is 12.4. The van der Waals surface area contributed by atoms with Gasteiger partial charge in [-0.15, -0.1) is 0 Å². The summed E-state index contributed by atoms with van der Waals surface area (Å²) in [5, 5.41) is 2.94. The Morgan fingerprint density at radius 1 is 1.35 bits per heavy atom. The second-order valence-corrected chi connectivity index (χ2v) is 6.24. The van der Waals surface area contributed by atoms with E-state index in [1.54, 1.807) is 12.4 Å². The van der Waals surface area contributed by atoms with Crippen molar-refractivity contribution in [1.82, 2.24) is 24.8 Å². The minimum Gasteiger partial charge on any atom is -0.345 e. The molecule has 2 aromatic rings. The van der Waals surface area contributed by atoms with Crippen molar-refractivity contribution in [2.24, 2.45) is 7.05 Å². The molecule has 0 saturated carbocycles. The summed E-state index contributed by atoms with van der Waals surface area (Å²) in [6.45, 7) is 6.70. The third-order valence-corrected chi connectivity index (χ3v) is 4.42. The van der Waals surface area contributed by atoms with Crippen LogP contribution < -0.4 is 5.32 Å². The fraction of sp³-hybridized carbons (Fsp3) is 0.471. The van der Waals surface area contributed by atoms with Crippen LogP contribution >= 0.6 is 0 Å². The van der Waals surface area contributed by atoms with Crippen LogP contribution in [0.2, 0.25) is 0 Å². The first kappa shape index (κ1) is 15.7. The zero-order valence-electron chi connectivity index (χ0n) is 13.9. The number of nitrogens with one attached hydrogen (secondary N) is 1. The average molecular weight is 313 g/mol. The second-order valence-electron chi connectivity index (χ2n) is 6.24. The number of rotatable bonds is 4. The van der Waals surface area contributed by atoms with Crippen LogP contribution in [0.5, 0.6) is 0 Å². The Morgan fingerprint density at radius 3 is 2.78 bits per heavy atom. The number of hydrogen-bond acceptors (Lipinski definition) is 4. The van der Waals surface area contributed by atoms with Crippen LogP contribution in [0.4, 0.5) is 0 Å². The SMILES string of the molecule is CC(C)N1CCc2c(nc(C(=O)NCc3ccncc3)n2C)C1. The molecule has 0 fully saturated rings. The highest BCUT2D eigenvalue weighted by Crippen LogP contribution is 2.20. The Morgan fingerprint density at radius 2 is 2.09 bits per heavy atom. The van der Waals surface area contributed by atoms with Crippen molar-refractivity contribution in [3.8, 4) is 0 Å². The summed E-state index contributed by atoms with van der Waals surface area (Å²) < 4.78 is 1.94. The molecule has 0 radical (unpaired) electrons. The van der Waals surface area contributed by atoms with Crippen LogP contribution in [-0.2, 0) is 26.6 Å². The van der Waals surface area contributed by atoms with Crippen LogP contribution in [0.25, 0.3) is 0 Å². The lowest BCUT2D eigenvalue weighted by Crippen LogP contribution is -2.36. The molecule has 0 saturated heterocycles. The molecular formula is C17H23N5O. The van der Waals surface area contributed by atoms with Gasteiger partial charge in [0.05, 0.1) is 5.69 Å². The zero-order chi connectivity index (χ0) is 16.4. The average Bonchev–Trinajstić information content (AvgIpc) is 2.90. The third-order valence-electron chi connectivity index (χ3n) is 4.42. The predicted molar refractivity (Wildman–Crippen MR) is 87.9 cm³/mol. The fourth-order valence-electron chi connectivity index (χ4n) is 2.95. The topological polar surface area (TPSA) is 63.1 Å². The standard InChI is InChI=1S/C17H23N5O/c1-12(2)22-9-6-15-14(11-22)20-16(21(15)3)17(23)19-10-13-4-7-18-8-5-13/h4-5,7-8,12H,6,9-11H2,1-3H3,(H,19,23). The van der Waals surface area contributed by atoms with Crippen molar-refractivity contribution in [2.45, 2.75) is 39.4 Å². The van der Waals surface area contributed by atoms with E-state index in [0.717, 1.165) is 30.8 Å². The van der Waals surface area contributed by atoms with Crippen LogP contribution in [0.15, 0.2) is 24.5 Å². The van der Waals surface area contributed by atoms with Gasteiger partial charge < -0.3 is 9.88 Å². The Hall–Kier alpha value is -2.21. The Labute approximate surface area is 136 Å². The van der Waals surface area contributed by atoms with Crippen molar-refractivity contribution in [2.75, 3.05) is 6.54 Å². The van der Waals surface area contributed by atoms with Crippen LogP contribution in [0, 0.1) is 0 Å². The van der Waals surface area contributed by atoms with Gasteiger partial charge in [-0.2, -0.15) is 0 Å². The van der Waals surface area contributed by atoms with Crippen molar-refractivity contribution in [3.63, 3.8) is 0 Å². The summed E-state index contributed by atoms with van der Waals surface area (Å²) in [7, 11) is 1.93. The van der Waals surface area contributed by atoms with Crippen molar-refractivity contribution < 1.29 is 4.79 Å². The molecule has 6 nitrogen and oxygen atoms in total. The molecular weight excluding hydrogens is 290 g/mol. The smallest absolute Gasteiger partial charge is 0.287 e. The number of carbonyl (C=O) groups excluding carboxylic acids is 1. The third kappa shape index (κ3) is 3.27. The molecule has 1 aliphatic heterocycles. The van der Waals surface area contributed by atoms with Gasteiger partial charge in [-0.1, -0.05) is 0 Å².